The van der Waals surface area contributed by atoms with Gasteiger partial charge in [-0.15, -0.1) is 35.3 Å². The Hall–Kier alpha value is -1.09. The molecule has 0 spiro atoms. The zero-order chi connectivity index (χ0) is 13.5. The van der Waals surface area contributed by atoms with Crippen LogP contribution in [0.3, 0.4) is 0 Å². The summed E-state index contributed by atoms with van der Waals surface area (Å²) in [5.41, 5.74) is 1.03. The average molecular weight is 405 g/mol. The molecule has 0 radical (unpaired) electrons. The van der Waals surface area contributed by atoms with Gasteiger partial charge in [0.1, 0.15) is 0 Å². The van der Waals surface area contributed by atoms with E-state index in [1.165, 1.54) is 9.75 Å². The van der Waals surface area contributed by atoms with Gasteiger partial charge in [-0.2, -0.15) is 5.10 Å². The number of nitrogens with zero attached hydrogens (tertiary/aromatic N) is 2. The Bertz CT molecular complexity index is 521. The Kier molecular flexibility index (Phi) is 7.60. The van der Waals surface area contributed by atoms with Crippen molar-refractivity contribution in [3.05, 3.63) is 39.8 Å². The third-order valence-electron chi connectivity index (χ3n) is 2.72. The van der Waals surface area contributed by atoms with Gasteiger partial charge in [0.2, 0.25) is 0 Å². The van der Waals surface area contributed by atoms with Crippen molar-refractivity contribution in [1.82, 2.24) is 20.8 Å². The smallest absolute Gasteiger partial charge is 0.191 e. The molecule has 2 rings (SSSR count). The van der Waals surface area contributed by atoms with E-state index in [9.17, 15) is 0 Å². The molecule has 0 saturated carbocycles. The number of halogens is 1. The first kappa shape index (κ1) is 17.0. The molecule has 0 bridgehead atoms. The Labute approximate surface area is 140 Å². The molecule has 2 aromatic rings. The molecule has 2 heterocycles. The SMILES string of the molecule is CCc1ccc(CNC(=NC)NCc2ccn[nH]2)s1.I. The van der Waals surface area contributed by atoms with Crippen LogP contribution in [0, 0.1) is 0 Å². The van der Waals surface area contributed by atoms with Crippen LogP contribution in [0.1, 0.15) is 22.4 Å². The van der Waals surface area contributed by atoms with E-state index in [-0.39, 0.29) is 24.0 Å². The van der Waals surface area contributed by atoms with E-state index >= 15 is 0 Å². The molecule has 0 unspecified atom stereocenters. The van der Waals surface area contributed by atoms with E-state index in [4.69, 9.17) is 0 Å². The van der Waals surface area contributed by atoms with E-state index in [0.717, 1.165) is 24.6 Å². The van der Waals surface area contributed by atoms with Crippen molar-refractivity contribution in [2.24, 2.45) is 4.99 Å². The van der Waals surface area contributed by atoms with E-state index in [0.29, 0.717) is 6.54 Å². The summed E-state index contributed by atoms with van der Waals surface area (Å²) >= 11 is 1.84. The predicted molar refractivity (Wildman–Crippen MR) is 94.7 cm³/mol. The lowest BCUT2D eigenvalue weighted by Gasteiger charge is -2.10. The third-order valence-corrected chi connectivity index (χ3v) is 3.95. The highest BCUT2D eigenvalue weighted by Gasteiger charge is 2.01. The van der Waals surface area contributed by atoms with Gasteiger partial charge < -0.3 is 10.6 Å². The van der Waals surface area contributed by atoms with Crippen molar-refractivity contribution >= 4 is 41.3 Å². The van der Waals surface area contributed by atoms with Gasteiger partial charge in [-0.1, -0.05) is 6.92 Å². The number of thiophene rings is 1. The maximum absolute atomic E-state index is 4.19. The zero-order valence-electron chi connectivity index (χ0n) is 11.6. The Morgan fingerprint density at radius 1 is 1.25 bits per heavy atom. The largest absolute Gasteiger partial charge is 0.352 e. The lowest BCUT2D eigenvalue weighted by atomic mass is 10.3. The van der Waals surface area contributed by atoms with Crippen LogP contribution in [0.15, 0.2) is 29.4 Å². The molecule has 0 aliphatic rings. The molecule has 7 heteroatoms. The second kappa shape index (κ2) is 8.96. The number of aliphatic imine (C=N–C) groups is 1. The number of aromatic amines is 1. The zero-order valence-corrected chi connectivity index (χ0v) is 14.8. The first-order chi connectivity index (χ1) is 9.31. The molecule has 0 aliphatic carbocycles. The molecule has 2 aromatic heterocycles. The molecule has 0 aromatic carbocycles. The lowest BCUT2D eigenvalue weighted by Crippen LogP contribution is -2.36. The first-order valence-electron chi connectivity index (χ1n) is 6.32. The number of hydrogen-bond acceptors (Lipinski definition) is 3. The molecule has 0 fully saturated rings. The van der Waals surface area contributed by atoms with Gasteiger partial charge in [0.05, 0.1) is 18.8 Å². The Morgan fingerprint density at radius 2 is 2.00 bits per heavy atom. The summed E-state index contributed by atoms with van der Waals surface area (Å²) in [6.45, 7) is 3.66. The summed E-state index contributed by atoms with van der Waals surface area (Å²) < 4.78 is 0. The maximum Gasteiger partial charge on any atom is 0.191 e. The molecule has 110 valence electrons. The van der Waals surface area contributed by atoms with Gasteiger partial charge in [-0.3, -0.25) is 10.1 Å². The average Bonchev–Trinajstić information content (AvgIpc) is 3.10. The van der Waals surface area contributed by atoms with Crippen molar-refractivity contribution < 1.29 is 0 Å². The van der Waals surface area contributed by atoms with E-state index < -0.39 is 0 Å². The van der Waals surface area contributed by atoms with Crippen molar-refractivity contribution in [2.45, 2.75) is 26.4 Å². The highest BCUT2D eigenvalue weighted by Crippen LogP contribution is 2.16. The minimum absolute atomic E-state index is 0. The number of hydrogen-bond donors (Lipinski definition) is 3. The van der Waals surface area contributed by atoms with Gasteiger partial charge in [0, 0.05) is 23.0 Å². The number of H-pyrrole nitrogens is 1. The number of guanidine groups is 1. The van der Waals surface area contributed by atoms with Crippen LogP contribution in [0.5, 0.6) is 0 Å². The number of nitrogens with one attached hydrogen (secondary N) is 3. The van der Waals surface area contributed by atoms with Crippen molar-refractivity contribution in [3.8, 4) is 0 Å². The minimum atomic E-state index is 0. The molecular weight excluding hydrogens is 385 g/mol. The molecule has 20 heavy (non-hydrogen) atoms. The fraction of sp³-hybridized carbons (Fsp3) is 0.385. The lowest BCUT2D eigenvalue weighted by molar-refractivity contribution is 0.794. The van der Waals surface area contributed by atoms with Crippen LogP contribution in [-0.2, 0) is 19.5 Å². The quantitative estimate of drug-likeness (QED) is 0.407. The monoisotopic (exact) mass is 405 g/mol. The molecule has 0 aliphatic heterocycles. The Morgan fingerprint density at radius 3 is 2.60 bits per heavy atom. The topological polar surface area (TPSA) is 65.1 Å². The van der Waals surface area contributed by atoms with Crippen LogP contribution in [0.25, 0.3) is 0 Å². The fourth-order valence-electron chi connectivity index (χ4n) is 1.66. The normalized spacial score (nSPS) is 11.0. The minimum Gasteiger partial charge on any atom is -0.352 e. The van der Waals surface area contributed by atoms with E-state index in [1.54, 1.807) is 13.2 Å². The maximum atomic E-state index is 4.19. The van der Waals surface area contributed by atoms with E-state index in [2.05, 4.69) is 44.9 Å². The summed E-state index contributed by atoms with van der Waals surface area (Å²) in [5, 5.41) is 13.4. The highest BCUT2D eigenvalue weighted by molar-refractivity contribution is 14.0. The number of aromatic nitrogens is 2. The van der Waals surface area contributed by atoms with Crippen molar-refractivity contribution in [3.63, 3.8) is 0 Å². The van der Waals surface area contributed by atoms with Gasteiger partial charge in [0.25, 0.3) is 0 Å². The standard InChI is InChI=1S/C13H19N5S.HI/c1-3-11-4-5-12(19-11)9-16-13(14-2)15-8-10-6-7-17-18-10;/h4-7H,3,8-9H2,1-2H3,(H,17,18)(H2,14,15,16);1H. The molecule has 0 saturated heterocycles. The molecular formula is C13H20IN5S. The van der Waals surface area contributed by atoms with Crippen LogP contribution >= 0.6 is 35.3 Å². The fourth-order valence-corrected chi connectivity index (χ4v) is 2.56. The summed E-state index contributed by atoms with van der Waals surface area (Å²) in [7, 11) is 1.77. The number of aryl methyl sites for hydroxylation is 1. The summed E-state index contributed by atoms with van der Waals surface area (Å²) in [5.74, 6) is 0.793. The first-order valence-corrected chi connectivity index (χ1v) is 7.13. The molecule has 0 atom stereocenters. The highest BCUT2D eigenvalue weighted by atomic mass is 127. The van der Waals surface area contributed by atoms with Gasteiger partial charge >= 0.3 is 0 Å². The predicted octanol–water partition coefficient (Wildman–Crippen LogP) is 2.52. The molecule has 3 N–H and O–H groups in total. The molecule has 5 nitrogen and oxygen atoms in total. The van der Waals surface area contributed by atoms with E-state index in [1.807, 2.05) is 17.4 Å². The Balaban J connectivity index is 0.00000200. The van der Waals surface area contributed by atoms with Crippen LogP contribution in [0.2, 0.25) is 0 Å². The van der Waals surface area contributed by atoms with Crippen LogP contribution < -0.4 is 10.6 Å². The van der Waals surface area contributed by atoms with Crippen LogP contribution in [-0.4, -0.2) is 23.2 Å². The second-order valence-electron chi connectivity index (χ2n) is 4.08. The second-order valence-corrected chi connectivity index (χ2v) is 5.34. The summed E-state index contributed by atoms with van der Waals surface area (Å²) in [6.07, 6.45) is 2.84. The van der Waals surface area contributed by atoms with Gasteiger partial charge in [0.15, 0.2) is 5.96 Å². The van der Waals surface area contributed by atoms with Crippen LogP contribution in [0.4, 0.5) is 0 Å². The van der Waals surface area contributed by atoms with Gasteiger partial charge in [-0.25, -0.2) is 0 Å². The van der Waals surface area contributed by atoms with Crippen molar-refractivity contribution in [1.29, 1.82) is 0 Å². The number of rotatable bonds is 5. The van der Waals surface area contributed by atoms with Crippen molar-refractivity contribution in [2.75, 3.05) is 7.05 Å². The van der Waals surface area contributed by atoms with Gasteiger partial charge in [-0.05, 0) is 24.6 Å². The molecule has 0 amide bonds. The third kappa shape index (κ3) is 5.12. The summed E-state index contributed by atoms with van der Waals surface area (Å²) in [6, 6.07) is 6.29. The summed E-state index contributed by atoms with van der Waals surface area (Å²) in [4.78, 5) is 6.93.